The summed E-state index contributed by atoms with van der Waals surface area (Å²) in [6.07, 6.45) is 3.65. The average Bonchev–Trinajstić information content (AvgIpc) is 3.36. The number of hydrogen-bond acceptors (Lipinski definition) is 7. The van der Waals surface area contributed by atoms with Gasteiger partial charge in [-0.05, 0) is 35.9 Å². The fourth-order valence-corrected chi connectivity index (χ4v) is 4.78. The number of morpholine rings is 1. The van der Waals surface area contributed by atoms with Gasteiger partial charge in [-0.1, -0.05) is 36.1 Å². The Balaban J connectivity index is 1.35. The van der Waals surface area contributed by atoms with Crippen LogP contribution in [0.2, 0.25) is 0 Å². The van der Waals surface area contributed by atoms with Crippen molar-refractivity contribution in [3.63, 3.8) is 0 Å². The van der Waals surface area contributed by atoms with Gasteiger partial charge < -0.3 is 14.8 Å². The molecular formula is C23H22N4O3S2. The summed E-state index contributed by atoms with van der Waals surface area (Å²) < 4.78 is 13.9. The highest BCUT2D eigenvalue weighted by Gasteiger charge is 2.22. The molecule has 7 nitrogen and oxygen atoms in total. The highest BCUT2D eigenvalue weighted by molar-refractivity contribution is 8.26. The van der Waals surface area contributed by atoms with Crippen LogP contribution in [0.3, 0.4) is 0 Å². The summed E-state index contributed by atoms with van der Waals surface area (Å²) in [6, 6.07) is 13.9. The molecule has 3 heterocycles. The molecule has 0 atom stereocenters. The van der Waals surface area contributed by atoms with E-state index in [1.165, 1.54) is 11.8 Å². The molecule has 164 valence electrons. The van der Waals surface area contributed by atoms with E-state index in [1.54, 1.807) is 6.33 Å². The van der Waals surface area contributed by atoms with Crippen molar-refractivity contribution in [2.24, 2.45) is 0 Å². The quantitative estimate of drug-likeness (QED) is 0.442. The second-order valence-electron chi connectivity index (χ2n) is 7.51. The van der Waals surface area contributed by atoms with E-state index < -0.39 is 0 Å². The Morgan fingerprint density at radius 1 is 1.22 bits per heavy atom. The summed E-state index contributed by atoms with van der Waals surface area (Å²) in [4.78, 5) is 19.5. The Hall–Kier alpha value is -2.72. The lowest BCUT2D eigenvalue weighted by Gasteiger charge is -2.26. The number of thioether (sulfide) groups is 1. The summed E-state index contributed by atoms with van der Waals surface area (Å²) in [6.45, 7) is 5.00. The zero-order valence-corrected chi connectivity index (χ0v) is 19.0. The Labute approximate surface area is 195 Å². The number of carbonyl (C=O) groups is 1. The Kier molecular flexibility index (Phi) is 6.22. The van der Waals surface area contributed by atoms with E-state index in [0.717, 1.165) is 60.9 Å². The van der Waals surface area contributed by atoms with Gasteiger partial charge in [0.05, 0.1) is 34.8 Å². The van der Waals surface area contributed by atoms with E-state index in [9.17, 15) is 4.79 Å². The summed E-state index contributed by atoms with van der Waals surface area (Å²) in [5.74, 6) is 0.666. The highest BCUT2D eigenvalue weighted by atomic mass is 32.2. The Morgan fingerprint density at radius 3 is 2.91 bits per heavy atom. The largest absolute Gasteiger partial charge is 0.492 e. The molecule has 1 amide bonds. The maximum absolute atomic E-state index is 12.0. The van der Waals surface area contributed by atoms with Gasteiger partial charge in [-0.25, -0.2) is 4.98 Å². The first-order valence-electron chi connectivity index (χ1n) is 10.4. The third-order valence-electron chi connectivity index (χ3n) is 5.39. The van der Waals surface area contributed by atoms with Crippen LogP contribution in [0, 0.1) is 0 Å². The van der Waals surface area contributed by atoms with E-state index in [-0.39, 0.29) is 5.91 Å². The standard InChI is InChI=1S/C23H22N4O3S2/c28-22-21(32-23(31)25-22)13-16-4-5-19-20(12-16)27(15-24-19)17-2-1-3-18(14-17)30-11-8-26-6-9-29-10-7-26/h1-5,12-15H,6-11H2,(H,25,28,31)/b21-13-. The smallest absolute Gasteiger partial charge is 0.263 e. The van der Waals surface area contributed by atoms with Crippen LogP contribution in [0.25, 0.3) is 22.8 Å². The van der Waals surface area contributed by atoms with E-state index in [1.807, 2.05) is 53.1 Å². The minimum absolute atomic E-state index is 0.157. The minimum Gasteiger partial charge on any atom is -0.492 e. The van der Waals surface area contributed by atoms with Crippen LogP contribution in [0.15, 0.2) is 53.7 Å². The zero-order valence-electron chi connectivity index (χ0n) is 17.3. The fraction of sp³-hybridized carbons (Fsp3) is 0.261. The molecule has 1 N–H and O–H groups in total. The van der Waals surface area contributed by atoms with Crippen LogP contribution in [-0.2, 0) is 9.53 Å². The number of amides is 1. The summed E-state index contributed by atoms with van der Waals surface area (Å²) in [5, 5.41) is 2.65. The molecule has 3 aromatic rings. The number of carbonyl (C=O) groups excluding carboxylic acids is 1. The number of nitrogens with one attached hydrogen (secondary N) is 1. The van der Waals surface area contributed by atoms with Gasteiger partial charge in [0.2, 0.25) is 0 Å². The van der Waals surface area contributed by atoms with E-state index in [2.05, 4.69) is 15.2 Å². The number of thiocarbonyl (C=S) groups is 1. The first-order valence-corrected chi connectivity index (χ1v) is 11.6. The molecule has 9 heteroatoms. The number of fused-ring (bicyclic) bond motifs is 1. The van der Waals surface area contributed by atoms with Crippen molar-refractivity contribution in [2.45, 2.75) is 0 Å². The van der Waals surface area contributed by atoms with E-state index in [4.69, 9.17) is 21.7 Å². The Bertz CT molecular complexity index is 1200. The highest BCUT2D eigenvalue weighted by Crippen LogP contribution is 2.28. The molecule has 0 aliphatic carbocycles. The molecule has 2 aliphatic heterocycles. The molecule has 32 heavy (non-hydrogen) atoms. The minimum atomic E-state index is -0.157. The predicted octanol–water partition coefficient (Wildman–Crippen LogP) is 3.23. The number of imidazole rings is 1. The van der Waals surface area contributed by atoms with Crippen molar-refractivity contribution in [3.8, 4) is 11.4 Å². The summed E-state index contributed by atoms with van der Waals surface area (Å²) in [7, 11) is 0. The summed E-state index contributed by atoms with van der Waals surface area (Å²) >= 11 is 6.35. The molecule has 2 aromatic carbocycles. The molecule has 2 aliphatic rings. The molecule has 0 saturated carbocycles. The van der Waals surface area contributed by atoms with Crippen molar-refractivity contribution in [1.29, 1.82) is 0 Å². The maximum Gasteiger partial charge on any atom is 0.263 e. The molecule has 2 fully saturated rings. The fourth-order valence-electron chi connectivity index (χ4n) is 3.73. The third-order valence-corrected chi connectivity index (χ3v) is 6.55. The number of ether oxygens (including phenoxy) is 2. The second-order valence-corrected chi connectivity index (χ2v) is 9.23. The van der Waals surface area contributed by atoms with Crippen molar-refractivity contribution >= 4 is 51.3 Å². The first-order chi connectivity index (χ1) is 15.7. The molecule has 2 saturated heterocycles. The first kappa shape index (κ1) is 21.1. The van der Waals surface area contributed by atoms with Crippen LogP contribution < -0.4 is 10.1 Å². The maximum atomic E-state index is 12.0. The van der Waals surface area contributed by atoms with Crippen LogP contribution in [0.5, 0.6) is 5.75 Å². The van der Waals surface area contributed by atoms with Gasteiger partial charge in [0, 0.05) is 25.7 Å². The van der Waals surface area contributed by atoms with Crippen molar-refractivity contribution in [2.75, 3.05) is 39.5 Å². The van der Waals surface area contributed by atoms with Crippen molar-refractivity contribution in [1.82, 2.24) is 19.8 Å². The number of benzene rings is 2. The van der Waals surface area contributed by atoms with Gasteiger partial charge in [-0.3, -0.25) is 14.3 Å². The number of hydrogen-bond donors (Lipinski definition) is 1. The van der Waals surface area contributed by atoms with E-state index >= 15 is 0 Å². The monoisotopic (exact) mass is 466 g/mol. The van der Waals surface area contributed by atoms with Gasteiger partial charge >= 0.3 is 0 Å². The lowest BCUT2D eigenvalue weighted by molar-refractivity contribution is -0.115. The zero-order chi connectivity index (χ0) is 21.9. The van der Waals surface area contributed by atoms with Crippen molar-refractivity contribution in [3.05, 3.63) is 59.3 Å². The molecule has 5 rings (SSSR count). The lowest BCUT2D eigenvalue weighted by atomic mass is 10.1. The van der Waals surface area contributed by atoms with Gasteiger partial charge in [-0.2, -0.15) is 0 Å². The normalized spacial score (nSPS) is 18.4. The number of rotatable bonds is 6. The lowest BCUT2D eigenvalue weighted by Crippen LogP contribution is -2.38. The molecule has 0 unspecified atom stereocenters. The van der Waals surface area contributed by atoms with Crippen LogP contribution in [0.4, 0.5) is 0 Å². The SMILES string of the molecule is O=C1NC(=S)S/C1=C\c1ccc2ncn(-c3cccc(OCCN4CCOCC4)c3)c2c1. The topological polar surface area (TPSA) is 68.6 Å². The van der Waals surface area contributed by atoms with Gasteiger partial charge in [0.25, 0.3) is 5.91 Å². The molecule has 1 aromatic heterocycles. The van der Waals surface area contributed by atoms with Gasteiger partial charge in [0.15, 0.2) is 0 Å². The molecule has 0 radical (unpaired) electrons. The average molecular weight is 467 g/mol. The second kappa shape index (κ2) is 9.41. The number of aromatic nitrogens is 2. The predicted molar refractivity (Wildman–Crippen MR) is 130 cm³/mol. The summed E-state index contributed by atoms with van der Waals surface area (Å²) in [5.41, 5.74) is 3.72. The molecule has 0 bridgehead atoms. The van der Waals surface area contributed by atoms with E-state index in [0.29, 0.717) is 15.8 Å². The Morgan fingerprint density at radius 2 is 2.09 bits per heavy atom. The number of nitrogens with zero attached hydrogens (tertiary/aromatic N) is 3. The van der Waals surface area contributed by atoms with Crippen LogP contribution >= 0.6 is 24.0 Å². The van der Waals surface area contributed by atoms with Crippen LogP contribution in [0.1, 0.15) is 5.56 Å². The molecular weight excluding hydrogens is 444 g/mol. The third kappa shape index (κ3) is 4.71. The van der Waals surface area contributed by atoms with Crippen molar-refractivity contribution < 1.29 is 14.3 Å². The van der Waals surface area contributed by atoms with Gasteiger partial charge in [0.1, 0.15) is 23.0 Å². The molecule has 0 spiro atoms. The van der Waals surface area contributed by atoms with Gasteiger partial charge in [-0.15, -0.1) is 0 Å². The van der Waals surface area contributed by atoms with Crippen LogP contribution in [-0.4, -0.2) is 64.1 Å².